The van der Waals surface area contributed by atoms with Gasteiger partial charge in [-0.3, -0.25) is 0 Å². The highest BCUT2D eigenvalue weighted by atomic mass is 32.1. The summed E-state index contributed by atoms with van der Waals surface area (Å²) in [5.41, 5.74) is 9.64. The molecule has 2 aliphatic rings. The molecule has 1 atom stereocenters. The van der Waals surface area contributed by atoms with Crippen molar-refractivity contribution in [2.75, 3.05) is 0 Å². The Bertz CT molecular complexity index is 3590. The summed E-state index contributed by atoms with van der Waals surface area (Å²) in [6, 6.07) is 60.0. The lowest BCUT2D eigenvalue weighted by Crippen LogP contribution is -2.33. The largest absolute Gasteiger partial charge is 0.359 e. The van der Waals surface area contributed by atoms with E-state index >= 15 is 0 Å². The lowest BCUT2D eigenvalue weighted by molar-refractivity contribution is 0.757. The summed E-state index contributed by atoms with van der Waals surface area (Å²) >= 11 is 1.99. The second-order valence-corrected chi connectivity index (χ2v) is 16.8. The third-order valence-electron chi connectivity index (χ3n) is 12.6. The summed E-state index contributed by atoms with van der Waals surface area (Å²) < 4.78 is 3.93. The number of hydrogen-bond donors (Lipinski definition) is 1. The minimum atomic E-state index is -0.0675. The number of fused-ring (bicyclic) bond motifs is 18. The third kappa shape index (κ3) is 4.46. The molecule has 0 saturated carbocycles. The number of allylic oxidation sites excluding steroid dienone is 1. The molecule has 0 radical (unpaired) electrons. The topological polar surface area (TPSA) is 29.3 Å². The Balaban J connectivity index is 1.08. The van der Waals surface area contributed by atoms with E-state index in [0.29, 0.717) is 0 Å². The van der Waals surface area contributed by atoms with Crippen LogP contribution in [0, 0.1) is 0 Å². The van der Waals surface area contributed by atoms with Gasteiger partial charge in [-0.25, -0.2) is 4.99 Å². The maximum atomic E-state index is 5.51. The number of aromatic nitrogens is 1. The Labute approximate surface area is 338 Å². The molecule has 1 aliphatic heterocycles. The molecule has 4 heteroatoms. The third-order valence-corrected chi connectivity index (χ3v) is 13.9. The van der Waals surface area contributed by atoms with Crippen molar-refractivity contribution in [1.29, 1.82) is 0 Å². The Hall–Kier alpha value is -7.01. The van der Waals surface area contributed by atoms with Gasteiger partial charge in [0.2, 0.25) is 0 Å². The number of nitrogens with one attached hydrogen (secondary N) is 1. The van der Waals surface area contributed by atoms with Crippen LogP contribution in [-0.4, -0.2) is 10.4 Å². The Morgan fingerprint density at radius 1 is 0.552 bits per heavy atom. The van der Waals surface area contributed by atoms with E-state index in [-0.39, 0.29) is 6.04 Å². The predicted octanol–water partition coefficient (Wildman–Crippen LogP) is 14.3. The summed E-state index contributed by atoms with van der Waals surface area (Å²) in [7, 11) is 0. The average molecular weight is 758 g/mol. The van der Waals surface area contributed by atoms with Crippen molar-refractivity contribution in [3.05, 3.63) is 197 Å². The molecule has 0 saturated heterocycles. The monoisotopic (exact) mass is 757 g/mol. The van der Waals surface area contributed by atoms with E-state index < -0.39 is 0 Å². The molecule has 0 amide bonds. The molecule has 0 bridgehead atoms. The van der Waals surface area contributed by atoms with Crippen LogP contribution in [0.3, 0.4) is 0 Å². The molecule has 13 rings (SSSR count). The summed E-state index contributed by atoms with van der Waals surface area (Å²) in [5.74, 6) is 0.882. The second-order valence-electron chi connectivity index (χ2n) is 15.7. The van der Waals surface area contributed by atoms with E-state index in [4.69, 9.17) is 4.99 Å². The summed E-state index contributed by atoms with van der Waals surface area (Å²) in [5, 5.41) is 18.0. The van der Waals surface area contributed by atoms with Crippen molar-refractivity contribution < 1.29 is 0 Å². The number of rotatable bonds is 3. The van der Waals surface area contributed by atoms with Gasteiger partial charge in [0.15, 0.2) is 0 Å². The van der Waals surface area contributed by atoms with Gasteiger partial charge in [-0.1, -0.05) is 152 Å². The first-order valence-corrected chi connectivity index (χ1v) is 21.0. The summed E-state index contributed by atoms with van der Waals surface area (Å²) in [6.45, 7) is 0. The van der Waals surface area contributed by atoms with Gasteiger partial charge < -0.3 is 9.88 Å². The zero-order chi connectivity index (χ0) is 37.9. The smallest absolute Gasteiger partial charge is 0.134 e. The first-order valence-electron chi connectivity index (χ1n) is 20.2. The van der Waals surface area contributed by atoms with Crippen LogP contribution in [0.15, 0.2) is 175 Å². The fourth-order valence-electron chi connectivity index (χ4n) is 10.1. The van der Waals surface area contributed by atoms with Crippen LogP contribution in [0.1, 0.15) is 39.6 Å². The molecular weight excluding hydrogens is 723 g/mol. The van der Waals surface area contributed by atoms with Gasteiger partial charge in [0, 0.05) is 48.6 Å². The summed E-state index contributed by atoms with van der Waals surface area (Å²) in [6.07, 6.45) is 6.91. The standard InChI is InChI=1S/C54H35N3S/c1-2-15-33(16-3-1)49-48-39-20-8-6-18-37(39)38-19-7-11-23-42(38)50(48)56-54(55-49)34-26-29-35(30-27-34)57-51-36-17-5-4-14-32(36)28-31-44(51)46-40-21-9-10-22-41(40)47-43-24-12-13-25-45(43)58-53(47)52(46)57/h1-12,14-24,26-31,49H,13,25H2,(H,55,56). The van der Waals surface area contributed by atoms with E-state index in [1.807, 2.05) is 11.3 Å². The van der Waals surface area contributed by atoms with Crippen molar-refractivity contribution in [3.63, 3.8) is 0 Å². The number of hydrogen-bond acceptors (Lipinski definition) is 3. The second kappa shape index (κ2) is 12.2. The molecule has 3 heterocycles. The van der Waals surface area contributed by atoms with Crippen LogP contribution in [0.2, 0.25) is 0 Å². The van der Waals surface area contributed by atoms with Gasteiger partial charge in [0.25, 0.3) is 0 Å². The minimum Gasteiger partial charge on any atom is -0.359 e. The normalized spacial score (nSPS) is 15.1. The Kier molecular flexibility index (Phi) is 6.78. The molecular formula is C54H35N3S. The quantitative estimate of drug-likeness (QED) is 0.179. The van der Waals surface area contributed by atoms with Crippen molar-refractivity contribution in [3.8, 4) is 5.69 Å². The molecule has 1 unspecified atom stereocenters. The van der Waals surface area contributed by atoms with Crippen LogP contribution in [0.25, 0.3) is 86.7 Å². The highest BCUT2D eigenvalue weighted by molar-refractivity contribution is 7.20. The van der Waals surface area contributed by atoms with Crippen LogP contribution < -0.4 is 5.32 Å². The molecule has 1 N–H and O–H groups in total. The maximum Gasteiger partial charge on any atom is 0.134 e. The Morgan fingerprint density at radius 2 is 1.21 bits per heavy atom. The van der Waals surface area contributed by atoms with E-state index in [1.54, 1.807) is 0 Å². The van der Waals surface area contributed by atoms with Crippen LogP contribution >= 0.6 is 11.3 Å². The number of thiophene rings is 1. The molecule has 2 aromatic heterocycles. The zero-order valence-corrected chi connectivity index (χ0v) is 32.4. The van der Waals surface area contributed by atoms with Crippen LogP contribution in [-0.2, 0) is 6.42 Å². The molecule has 0 fully saturated rings. The van der Waals surface area contributed by atoms with Crippen LogP contribution in [0.4, 0.5) is 5.69 Å². The number of nitrogens with zero attached hydrogens (tertiary/aromatic N) is 2. The first-order chi connectivity index (χ1) is 28.8. The fraction of sp³-hybridized carbons (Fsp3) is 0.0556. The number of benzene rings is 9. The maximum absolute atomic E-state index is 5.51. The number of amidine groups is 1. The molecule has 1 aliphatic carbocycles. The van der Waals surface area contributed by atoms with Gasteiger partial charge in [0.1, 0.15) is 5.84 Å². The molecule has 3 nitrogen and oxygen atoms in total. The first kappa shape index (κ1) is 32.1. The molecule has 0 spiro atoms. The highest BCUT2D eigenvalue weighted by Crippen LogP contribution is 2.50. The minimum absolute atomic E-state index is 0.0675. The van der Waals surface area contributed by atoms with Crippen molar-refractivity contribution in [2.24, 2.45) is 4.99 Å². The van der Waals surface area contributed by atoms with Crippen molar-refractivity contribution >= 4 is 104 Å². The van der Waals surface area contributed by atoms with E-state index in [2.05, 4.69) is 186 Å². The molecule has 11 aromatic rings. The number of aliphatic imine (C=N–C) groups is 1. The molecule has 272 valence electrons. The number of aryl methyl sites for hydroxylation is 1. The van der Waals surface area contributed by atoms with Crippen LogP contribution in [0.5, 0.6) is 0 Å². The SMILES string of the molecule is C1=Cc2c(sc3c2c2ccccc2c2c4ccc5ccccc5c4n(-c4ccc(C5=Nc6c(c7ccccc7c7ccccc67)C(c6ccccc6)N5)cc4)c32)CC1. The predicted molar refractivity (Wildman–Crippen MR) is 248 cm³/mol. The van der Waals surface area contributed by atoms with Crippen molar-refractivity contribution in [1.82, 2.24) is 9.88 Å². The van der Waals surface area contributed by atoms with Gasteiger partial charge in [0.05, 0.1) is 27.5 Å². The highest BCUT2D eigenvalue weighted by Gasteiger charge is 2.29. The van der Waals surface area contributed by atoms with Gasteiger partial charge in [-0.05, 0) is 80.6 Å². The average Bonchev–Trinajstić information content (AvgIpc) is 3.87. The zero-order valence-electron chi connectivity index (χ0n) is 31.5. The van der Waals surface area contributed by atoms with E-state index in [0.717, 1.165) is 35.6 Å². The molecule has 58 heavy (non-hydrogen) atoms. The van der Waals surface area contributed by atoms with Crippen molar-refractivity contribution in [2.45, 2.75) is 18.9 Å². The van der Waals surface area contributed by atoms with Gasteiger partial charge in [-0.2, -0.15) is 0 Å². The Morgan fingerprint density at radius 3 is 2.00 bits per heavy atom. The fourth-order valence-corrected chi connectivity index (χ4v) is 11.5. The lowest BCUT2D eigenvalue weighted by Gasteiger charge is -2.30. The lowest BCUT2D eigenvalue weighted by atomic mass is 9.87. The van der Waals surface area contributed by atoms with E-state index in [9.17, 15) is 0 Å². The van der Waals surface area contributed by atoms with E-state index in [1.165, 1.54) is 96.5 Å². The van der Waals surface area contributed by atoms with Gasteiger partial charge >= 0.3 is 0 Å². The summed E-state index contributed by atoms with van der Waals surface area (Å²) in [4.78, 5) is 7.00. The molecule has 9 aromatic carbocycles. The van der Waals surface area contributed by atoms with Gasteiger partial charge in [-0.15, -0.1) is 11.3 Å².